The highest BCUT2D eigenvalue weighted by atomic mass is 16.6. The Morgan fingerprint density at radius 3 is 2.00 bits per heavy atom. The molecule has 1 saturated heterocycles. The van der Waals surface area contributed by atoms with Crippen molar-refractivity contribution in [2.45, 2.75) is 65.2 Å². The Hall–Kier alpha value is -1.30. The topological polar surface area (TPSA) is 81.9 Å². The summed E-state index contributed by atoms with van der Waals surface area (Å²) in [5.74, 6) is -0.716. The molecule has 1 heterocycles. The second-order valence-electron chi connectivity index (χ2n) is 7.61. The summed E-state index contributed by atoms with van der Waals surface area (Å²) in [6.45, 7) is 11.6. The van der Waals surface area contributed by atoms with Crippen LogP contribution in [-0.4, -0.2) is 47.3 Å². The van der Waals surface area contributed by atoms with E-state index in [1.165, 1.54) is 4.90 Å². The second kappa shape index (κ2) is 6.22. The Labute approximate surface area is 126 Å². The molecule has 0 radical (unpaired) electrons. The van der Waals surface area contributed by atoms with Gasteiger partial charge in [-0.1, -0.05) is 0 Å². The maximum atomic E-state index is 12.2. The zero-order chi connectivity index (χ0) is 16.4. The summed E-state index contributed by atoms with van der Waals surface area (Å²) in [5, 5.41) is 0. The smallest absolute Gasteiger partial charge is 0.410 e. The predicted molar refractivity (Wildman–Crippen MR) is 79.7 cm³/mol. The number of rotatable bonds is 1. The lowest BCUT2D eigenvalue weighted by Crippen LogP contribution is -2.53. The third-order valence-electron chi connectivity index (χ3n) is 2.87. The van der Waals surface area contributed by atoms with Gasteiger partial charge in [0.25, 0.3) is 0 Å². The van der Waals surface area contributed by atoms with Crippen molar-refractivity contribution in [1.29, 1.82) is 0 Å². The van der Waals surface area contributed by atoms with Gasteiger partial charge >= 0.3 is 12.1 Å². The van der Waals surface area contributed by atoms with Gasteiger partial charge in [-0.3, -0.25) is 4.79 Å². The summed E-state index contributed by atoms with van der Waals surface area (Å²) in [6.07, 6.45) is 0.0833. The van der Waals surface area contributed by atoms with Gasteiger partial charge in [0, 0.05) is 19.1 Å². The molecular weight excluding hydrogens is 272 g/mol. The third kappa shape index (κ3) is 6.33. The van der Waals surface area contributed by atoms with Crippen LogP contribution in [0.25, 0.3) is 0 Å². The first-order valence-corrected chi connectivity index (χ1v) is 7.34. The van der Waals surface area contributed by atoms with Crippen LogP contribution in [0.3, 0.4) is 0 Å². The summed E-state index contributed by atoms with van der Waals surface area (Å²) < 4.78 is 10.7. The first kappa shape index (κ1) is 17.8. The summed E-state index contributed by atoms with van der Waals surface area (Å²) >= 11 is 0. The molecule has 0 bridgehead atoms. The van der Waals surface area contributed by atoms with E-state index in [2.05, 4.69) is 0 Å². The van der Waals surface area contributed by atoms with Crippen LogP contribution in [0.1, 0.15) is 48.0 Å². The fraction of sp³-hybridized carbons (Fsp3) is 0.867. The van der Waals surface area contributed by atoms with E-state index in [1.54, 1.807) is 20.8 Å². The number of carbonyl (C=O) groups excluding carboxylic acids is 2. The summed E-state index contributed by atoms with van der Waals surface area (Å²) in [6, 6.07) is -0.246. The Kier molecular flexibility index (Phi) is 5.25. The quantitative estimate of drug-likeness (QED) is 0.748. The minimum Gasteiger partial charge on any atom is -0.460 e. The van der Waals surface area contributed by atoms with Crippen molar-refractivity contribution in [3.8, 4) is 0 Å². The molecule has 1 fully saturated rings. The van der Waals surface area contributed by atoms with Crippen molar-refractivity contribution in [3.63, 3.8) is 0 Å². The van der Waals surface area contributed by atoms with Gasteiger partial charge in [-0.05, 0) is 48.0 Å². The van der Waals surface area contributed by atoms with Gasteiger partial charge < -0.3 is 20.1 Å². The molecule has 2 atom stereocenters. The van der Waals surface area contributed by atoms with Crippen molar-refractivity contribution in [2.24, 2.45) is 11.7 Å². The van der Waals surface area contributed by atoms with Crippen molar-refractivity contribution in [1.82, 2.24) is 4.90 Å². The molecule has 1 rings (SSSR count). The molecule has 2 N–H and O–H groups in total. The van der Waals surface area contributed by atoms with Crippen LogP contribution in [0.4, 0.5) is 4.79 Å². The van der Waals surface area contributed by atoms with E-state index < -0.39 is 23.2 Å². The predicted octanol–water partition coefficient (Wildman–Crippen LogP) is 1.91. The van der Waals surface area contributed by atoms with E-state index in [-0.39, 0.29) is 18.6 Å². The van der Waals surface area contributed by atoms with Crippen LogP contribution in [0.2, 0.25) is 0 Å². The largest absolute Gasteiger partial charge is 0.460 e. The number of hydrogen-bond acceptors (Lipinski definition) is 5. The highest BCUT2D eigenvalue weighted by molar-refractivity contribution is 5.75. The number of carbonyl (C=O) groups is 2. The molecule has 0 spiro atoms. The van der Waals surface area contributed by atoms with Gasteiger partial charge in [0.15, 0.2) is 0 Å². The molecule has 122 valence electrons. The van der Waals surface area contributed by atoms with Crippen LogP contribution in [0, 0.1) is 5.92 Å². The molecule has 0 unspecified atom stereocenters. The lowest BCUT2D eigenvalue weighted by atomic mass is 9.95. The molecule has 0 aromatic rings. The van der Waals surface area contributed by atoms with E-state index in [4.69, 9.17) is 15.2 Å². The maximum Gasteiger partial charge on any atom is 0.410 e. The van der Waals surface area contributed by atoms with Gasteiger partial charge in [-0.15, -0.1) is 0 Å². The van der Waals surface area contributed by atoms with Gasteiger partial charge in [-0.25, -0.2) is 4.79 Å². The van der Waals surface area contributed by atoms with E-state index in [0.717, 1.165) is 0 Å². The molecule has 21 heavy (non-hydrogen) atoms. The standard InChI is InChI=1S/C15H28N2O4/c1-14(2,3)20-12(18)10-7-11(16)9-17(8-10)13(19)21-15(4,5)6/h10-11H,7-9,16H2,1-6H3/t10-,11+/m1/s1. The number of piperidine rings is 1. The zero-order valence-corrected chi connectivity index (χ0v) is 13.9. The Bertz CT molecular complexity index is 359. The number of esters is 1. The van der Waals surface area contributed by atoms with Crippen LogP contribution in [-0.2, 0) is 14.3 Å². The molecule has 1 amide bonds. The van der Waals surface area contributed by atoms with Crippen LogP contribution < -0.4 is 5.73 Å². The number of nitrogens with two attached hydrogens (primary N) is 1. The van der Waals surface area contributed by atoms with Crippen molar-refractivity contribution < 1.29 is 19.1 Å². The molecular formula is C15H28N2O4. The Balaban J connectivity index is 2.70. The molecule has 0 aromatic heterocycles. The first-order valence-electron chi connectivity index (χ1n) is 7.34. The van der Waals surface area contributed by atoms with Gasteiger partial charge in [0.1, 0.15) is 11.2 Å². The third-order valence-corrected chi connectivity index (χ3v) is 2.87. The number of hydrogen-bond donors (Lipinski definition) is 1. The molecule has 1 aliphatic rings. The minimum atomic E-state index is -0.569. The fourth-order valence-electron chi connectivity index (χ4n) is 2.17. The van der Waals surface area contributed by atoms with Gasteiger partial charge in [0.05, 0.1) is 5.92 Å². The van der Waals surface area contributed by atoms with Crippen molar-refractivity contribution in [2.75, 3.05) is 13.1 Å². The lowest BCUT2D eigenvalue weighted by Gasteiger charge is -2.36. The monoisotopic (exact) mass is 300 g/mol. The van der Waals surface area contributed by atoms with E-state index in [9.17, 15) is 9.59 Å². The Morgan fingerprint density at radius 1 is 1.00 bits per heavy atom. The lowest BCUT2D eigenvalue weighted by molar-refractivity contribution is -0.161. The minimum absolute atomic E-state index is 0.246. The van der Waals surface area contributed by atoms with Crippen LogP contribution in [0.15, 0.2) is 0 Å². The number of likely N-dealkylation sites (tertiary alicyclic amines) is 1. The van der Waals surface area contributed by atoms with Crippen molar-refractivity contribution >= 4 is 12.1 Å². The fourth-order valence-corrected chi connectivity index (χ4v) is 2.17. The second-order valence-corrected chi connectivity index (χ2v) is 7.61. The van der Waals surface area contributed by atoms with Gasteiger partial charge in [-0.2, -0.15) is 0 Å². The number of ether oxygens (including phenoxy) is 2. The normalized spacial score (nSPS) is 23.7. The molecule has 6 nitrogen and oxygen atoms in total. The summed E-state index contributed by atoms with van der Waals surface area (Å²) in [4.78, 5) is 25.8. The molecule has 6 heteroatoms. The molecule has 1 aliphatic heterocycles. The summed E-state index contributed by atoms with van der Waals surface area (Å²) in [5.41, 5.74) is 4.85. The first-order chi connectivity index (χ1) is 9.37. The molecule has 0 aromatic carbocycles. The highest BCUT2D eigenvalue weighted by Gasteiger charge is 2.36. The number of nitrogens with zero attached hydrogens (tertiary/aromatic N) is 1. The van der Waals surface area contributed by atoms with E-state index in [1.807, 2.05) is 20.8 Å². The molecule has 0 aliphatic carbocycles. The average molecular weight is 300 g/mol. The Morgan fingerprint density at radius 2 is 1.52 bits per heavy atom. The molecule has 0 saturated carbocycles. The van der Waals surface area contributed by atoms with Gasteiger partial charge in [0.2, 0.25) is 0 Å². The van der Waals surface area contributed by atoms with Crippen molar-refractivity contribution in [3.05, 3.63) is 0 Å². The maximum absolute atomic E-state index is 12.2. The average Bonchev–Trinajstić information content (AvgIpc) is 2.23. The summed E-state index contributed by atoms with van der Waals surface area (Å²) in [7, 11) is 0. The highest BCUT2D eigenvalue weighted by Crippen LogP contribution is 2.22. The zero-order valence-electron chi connectivity index (χ0n) is 13.9. The van der Waals surface area contributed by atoms with E-state index >= 15 is 0 Å². The van der Waals surface area contributed by atoms with Crippen LogP contribution >= 0.6 is 0 Å². The number of amides is 1. The van der Waals surface area contributed by atoms with Crippen LogP contribution in [0.5, 0.6) is 0 Å². The SMILES string of the molecule is CC(C)(C)OC(=O)[C@@H]1C[C@H](N)CN(C(=O)OC(C)(C)C)C1. The van der Waals surface area contributed by atoms with E-state index in [0.29, 0.717) is 13.0 Å².